The van der Waals surface area contributed by atoms with Gasteiger partial charge in [0.15, 0.2) is 0 Å². The molecule has 2 rings (SSSR count). The lowest BCUT2D eigenvalue weighted by Gasteiger charge is -2.36. The monoisotopic (exact) mass is 259 g/mol. The van der Waals surface area contributed by atoms with E-state index in [9.17, 15) is 9.59 Å². The predicted molar refractivity (Wildman–Crippen MR) is 67.6 cm³/mol. The highest BCUT2D eigenvalue weighted by atomic mass is 16.4. The molecular formula is C13H13N3O3. The summed E-state index contributed by atoms with van der Waals surface area (Å²) in [6, 6.07) is 8.55. The number of benzene rings is 1. The number of amides is 1. The van der Waals surface area contributed by atoms with E-state index in [0.29, 0.717) is 17.8 Å². The Morgan fingerprint density at radius 1 is 1.58 bits per heavy atom. The molecule has 2 N–H and O–H groups in total. The van der Waals surface area contributed by atoms with Crippen LogP contribution >= 0.6 is 0 Å². The SMILES string of the molecule is N#Cc1cccc(N2CC(=O)NCC2CC(=O)O)c1. The highest BCUT2D eigenvalue weighted by Gasteiger charge is 2.28. The molecule has 0 saturated carbocycles. The van der Waals surface area contributed by atoms with Gasteiger partial charge < -0.3 is 15.3 Å². The van der Waals surface area contributed by atoms with Crippen LogP contribution in [0.5, 0.6) is 0 Å². The summed E-state index contributed by atoms with van der Waals surface area (Å²) in [7, 11) is 0. The molecule has 19 heavy (non-hydrogen) atoms. The normalized spacial score (nSPS) is 18.6. The van der Waals surface area contributed by atoms with Crippen molar-refractivity contribution in [3.8, 4) is 6.07 Å². The Hall–Kier alpha value is -2.55. The number of hydrogen-bond acceptors (Lipinski definition) is 4. The molecule has 1 aromatic carbocycles. The average molecular weight is 259 g/mol. The van der Waals surface area contributed by atoms with Crippen molar-refractivity contribution in [2.75, 3.05) is 18.0 Å². The summed E-state index contributed by atoms with van der Waals surface area (Å²) in [6.07, 6.45) is -0.0585. The molecule has 98 valence electrons. The smallest absolute Gasteiger partial charge is 0.305 e. The van der Waals surface area contributed by atoms with Crippen LogP contribution < -0.4 is 10.2 Å². The van der Waals surface area contributed by atoms with E-state index in [1.54, 1.807) is 29.2 Å². The van der Waals surface area contributed by atoms with Crippen molar-refractivity contribution < 1.29 is 14.7 Å². The van der Waals surface area contributed by atoms with Gasteiger partial charge in [-0.2, -0.15) is 5.26 Å². The lowest BCUT2D eigenvalue weighted by Crippen LogP contribution is -2.55. The highest BCUT2D eigenvalue weighted by Crippen LogP contribution is 2.21. The molecule has 1 aliphatic rings. The van der Waals surface area contributed by atoms with Gasteiger partial charge in [-0.25, -0.2) is 0 Å². The predicted octanol–water partition coefficient (Wildman–Crippen LogP) is 0.338. The maximum Gasteiger partial charge on any atom is 0.305 e. The molecule has 1 saturated heterocycles. The minimum Gasteiger partial charge on any atom is -0.481 e. The Balaban J connectivity index is 2.28. The van der Waals surface area contributed by atoms with E-state index in [2.05, 4.69) is 5.32 Å². The molecule has 1 unspecified atom stereocenters. The topological polar surface area (TPSA) is 93.4 Å². The fraction of sp³-hybridized carbons (Fsp3) is 0.308. The lowest BCUT2D eigenvalue weighted by atomic mass is 10.1. The van der Waals surface area contributed by atoms with Gasteiger partial charge in [0.1, 0.15) is 0 Å². The lowest BCUT2D eigenvalue weighted by molar-refractivity contribution is -0.138. The van der Waals surface area contributed by atoms with Crippen LogP contribution in [0.4, 0.5) is 5.69 Å². The number of carbonyl (C=O) groups excluding carboxylic acids is 1. The first-order valence-electron chi connectivity index (χ1n) is 5.85. The average Bonchev–Trinajstić information content (AvgIpc) is 2.40. The molecule has 1 fully saturated rings. The van der Waals surface area contributed by atoms with Crippen LogP contribution in [0.25, 0.3) is 0 Å². The van der Waals surface area contributed by atoms with Crippen molar-refractivity contribution in [1.29, 1.82) is 5.26 Å². The van der Waals surface area contributed by atoms with E-state index >= 15 is 0 Å². The van der Waals surface area contributed by atoms with Crippen molar-refractivity contribution in [2.45, 2.75) is 12.5 Å². The standard InChI is InChI=1S/C13H13N3O3/c14-6-9-2-1-3-10(4-9)16-8-12(17)15-7-11(16)5-13(18)19/h1-4,11H,5,7-8H2,(H,15,17)(H,18,19). The number of hydrogen-bond donors (Lipinski definition) is 2. The Morgan fingerprint density at radius 2 is 2.37 bits per heavy atom. The van der Waals surface area contributed by atoms with Gasteiger partial charge in [-0.05, 0) is 18.2 Å². The van der Waals surface area contributed by atoms with Crippen LogP contribution in [0.1, 0.15) is 12.0 Å². The number of carboxylic acids is 1. The van der Waals surface area contributed by atoms with Crippen molar-refractivity contribution in [3.05, 3.63) is 29.8 Å². The largest absolute Gasteiger partial charge is 0.481 e. The number of rotatable bonds is 3. The third kappa shape index (κ3) is 3.01. The number of carbonyl (C=O) groups is 2. The molecule has 1 heterocycles. The summed E-state index contributed by atoms with van der Waals surface area (Å²) in [5, 5.41) is 20.4. The number of nitriles is 1. The Kier molecular flexibility index (Phi) is 3.66. The number of anilines is 1. The van der Waals surface area contributed by atoms with Crippen molar-refractivity contribution >= 4 is 17.6 Å². The molecule has 6 heteroatoms. The third-order valence-electron chi connectivity index (χ3n) is 3.01. The second kappa shape index (κ2) is 5.40. The van der Waals surface area contributed by atoms with Crippen LogP contribution in [0.2, 0.25) is 0 Å². The molecule has 0 spiro atoms. The third-order valence-corrected chi connectivity index (χ3v) is 3.01. The number of nitrogens with one attached hydrogen (secondary N) is 1. The summed E-state index contributed by atoms with van der Waals surface area (Å²) in [5.74, 6) is -1.06. The summed E-state index contributed by atoms with van der Waals surface area (Å²) in [5.41, 5.74) is 1.18. The van der Waals surface area contributed by atoms with Gasteiger partial charge in [0.25, 0.3) is 0 Å². The molecular weight excluding hydrogens is 246 g/mol. The fourth-order valence-corrected chi connectivity index (χ4v) is 2.12. The zero-order chi connectivity index (χ0) is 13.8. The first-order valence-corrected chi connectivity index (χ1v) is 5.85. The van der Waals surface area contributed by atoms with Gasteiger partial charge >= 0.3 is 5.97 Å². The first-order chi connectivity index (χ1) is 9.10. The van der Waals surface area contributed by atoms with Crippen molar-refractivity contribution in [1.82, 2.24) is 5.32 Å². The van der Waals surface area contributed by atoms with E-state index in [4.69, 9.17) is 10.4 Å². The van der Waals surface area contributed by atoms with Gasteiger partial charge in [0, 0.05) is 12.2 Å². The second-order valence-electron chi connectivity index (χ2n) is 4.35. The maximum atomic E-state index is 11.5. The molecule has 0 bridgehead atoms. The van der Waals surface area contributed by atoms with Crippen molar-refractivity contribution in [3.63, 3.8) is 0 Å². The van der Waals surface area contributed by atoms with Gasteiger partial charge in [-0.15, -0.1) is 0 Å². The van der Waals surface area contributed by atoms with Crippen LogP contribution in [-0.2, 0) is 9.59 Å². The van der Waals surface area contributed by atoms with Crippen molar-refractivity contribution in [2.24, 2.45) is 0 Å². The summed E-state index contributed by atoms with van der Waals surface area (Å²) < 4.78 is 0. The number of carboxylic acid groups (broad SMARTS) is 1. The zero-order valence-electron chi connectivity index (χ0n) is 10.2. The molecule has 1 aliphatic heterocycles. The number of piperazine rings is 1. The van der Waals surface area contributed by atoms with Gasteiger partial charge in [-0.1, -0.05) is 6.07 Å². The molecule has 1 atom stereocenters. The molecule has 1 aromatic rings. The number of nitrogens with zero attached hydrogens (tertiary/aromatic N) is 2. The van der Waals surface area contributed by atoms with Crippen LogP contribution in [0.3, 0.4) is 0 Å². The molecule has 0 radical (unpaired) electrons. The molecule has 0 aromatic heterocycles. The quantitative estimate of drug-likeness (QED) is 0.816. The second-order valence-corrected chi connectivity index (χ2v) is 4.35. The van der Waals surface area contributed by atoms with Gasteiger partial charge in [-0.3, -0.25) is 9.59 Å². The van der Waals surface area contributed by atoms with Gasteiger partial charge in [0.05, 0.1) is 30.6 Å². The molecule has 6 nitrogen and oxygen atoms in total. The van der Waals surface area contributed by atoms with E-state index in [1.165, 1.54) is 0 Å². The minimum atomic E-state index is -0.914. The zero-order valence-corrected chi connectivity index (χ0v) is 10.2. The van der Waals surface area contributed by atoms with E-state index in [-0.39, 0.29) is 24.9 Å². The Bertz CT molecular complexity index is 550. The van der Waals surface area contributed by atoms with Crippen LogP contribution in [-0.4, -0.2) is 36.1 Å². The minimum absolute atomic E-state index is 0.0585. The van der Waals surface area contributed by atoms with Crippen LogP contribution in [0.15, 0.2) is 24.3 Å². The maximum absolute atomic E-state index is 11.5. The summed E-state index contributed by atoms with van der Waals surface area (Å²) >= 11 is 0. The molecule has 0 aliphatic carbocycles. The van der Waals surface area contributed by atoms with E-state index in [0.717, 1.165) is 0 Å². The highest BCUT2D eigenvalue weighted by molar-refractivity contribution is 5.83. The first kappa shape index (κ1) is 12.9. The Labute approximate surface area is 110 Å². The van der Waals surface area contributed by atoms with E-state index < -0.39 is 5.97 Å². The fourth-order valence-electron chi connectivity index (χ4n) is 2.12. The number of aliphatic carboxylic acids is 1. The van der Waals surface area contributed by atoms with Crippen LogP contribution in [0, 0.1) is 11.3 Å². The van der Waals surface area contributed by atoms with Gasteiger partial charge in [0.2, 0.25) is 5.91 Å². The van der Waals surface area contributed by atoms with E-state index in [1.807, 2.05) is 6.07 Å². The summed E-state index contributed by atoms with van der Waals surface area (Å²) in [6.45, 7) is 0.398. The molecule has 1 amide bonds. The Morgan fingerprint density at radius 3 is 3.05 bits per heavy atom. The summed E-state index contributed by atoms with van der Waals surface area (Å²) in [4.78, 5) is 24.1.